The molecule has 0 fully saturated rings. The third-order valence-corrected chi connectivity index (χ3v) is 3.06. The molecule has 0 aliphatic carbocycles. The van der Waals surface area contributed by atoms with Crippen molar-refractivity contribution in [2.75, 3.05) is 0 Å². The quantitative estimate of drug-likeness (QED) is 0.823. The molecule has 0 aliphatic rings. The second-order valence-corrected chi connectivity index (χ2v) is 4.66. The van der Waals surface area contributed by atoms with Crippen LogP contribution >= 0.6 is 35.8 Å². The first-order valence-electron chi connectivity index (χ1n) is 4.25. The lowest BCUT2D eigenvalue weighted by Crippen LogP contribution is -1.96. The van der Waals surface area contributed by atoms with Crippen molar-refractivity contribution in [3.63, 3.8) is 0 Å². The van der Waals surface area contributed by atoms with E-state index in [4.69, 9.17) is 16.7 Å². The maximum absolute atomic E-state index is 10.9. The molecule has 0 amide bonds. The first-order chi connectivity index (χ1) is 7.58. The van der Waals surface area contributed by atoms with Gasteiger partial charge in [0.25, 0.3) is 0 Å². The van der Waals surface area contributed by atoms with Crippen LogP contribution < -0.4 is 0 Å². The molecule has 0 spiro atoms. The summed E-state index contributed by atoms with van der Waals surface area (Å²) in [5.74, 6) is -0.996. The molecule has 0 saturated heterocycles. The fourth-order valence-electron chi connectivity index (χ4n) is 1.31. The number of thiol groups is 1. The predicted molar refractivity (Wildman–Crippen MR) is 66.8 cm³/mol. The van der Waals surface area contributed by atoms with Gasteiger partial charge in [-0.3, -0.25) is 0 Å². The number of rotatable bonds is 2. The number of carboxylic acids is 1. The highest BCUT2D eigenvalue weighted by atomic mass is 35.5. The lowest BCUT2D eigenvalue weighted by Gasteiger charge is -2.01. The van der Waals surface area contributed by atoms with E-state index in [1.165, 1.54) is 5.38 Å². The van der Waals surface area contributed by atoms with Crippen molar-refractivity contribution in [2.45, 2.75) is 4.90 Å². The van der Waals surface area contributed by atoms with Crippen molar-refractivity contribution in [3.05, 3.63) is 34.2 Å². The molecule has 1 aromatic heterocycles. The molecular weight excluding hydrogens is 266 g/mol. The first-order valence-corrected chi connectivity index (χ1v) is 5.91. The fourth-order valence-corrected chi connectivity index (χ4v) is 2.58. The van der Waals surface area contributed by atoms with Gasteiger partial charge in [-0.25, -0.2) is 4.79 Å². The highest BCUT2D eigenvalue weighted by Gasteiger charge is 2.15. The standard InChI is InChI=1S/C10H6ClNO2S2/c11-6-1-5(2-7(15)3-6)9-8(10(13)14)4-16-12-9/h1-4,15H,(H,13,14). The van der Waals surface area contributed by atoms with Gasteiger partial charge >= 0.3 is 5.97 Å². The number of benzene rings is 1. The highest BCUT2D eigenvalue weighted by molar-refractivity contribution is 7.80. The smallest absolute Gasteiger partial charge is 0.338 e. The minimum Gasteiger partial charge on any atom is -0.478 e. The summed E-state index contributed by atoms with van der Waals surface area (Å²) in [5.41, 5.74) is 1.27. The van der Waals surface area contributed by atoms with E-state index in [2.05, 4.69) is 17.0 Å². The van der Waals surface area contributed by atoms with Gasteiger partial charge in [0, 0.05) is 20.9 Å². The molecule has 3 nitrogen and oxygen atoms in total. The zero-order valence-corrected chi connectivity index (χ0v) is 10.3. The Morgan fingerprint density at radius 2 is 2.19 bits per heavy atom. The molecule has 0 unspecified atom stereocenters. The van der Waals surface area contributed by atoms with E-state index >= 15 is 0 Å². The lowest BCUT2D eigenvalue weighted by atomic mass is 10.1. The van der Waals surface area contributed by atoms with Gasteiger partial charge in [-0.05, 0) is 29.7 Å². The van der Waals surface area contributed by atoms with Crippen molar-refractivity contribution in [3.8, 4) is 11.3 Å². The summed E-state index contributed by atoms with van der Waals surface area (Å²) in [5, 5.41) is 11.0. The fraction of sp³-hybridized carbons (Fsp3) is 0. The Balaban J connectivity index is 2.58. The molecular formula is C10H6ClNO2S2. The first kappa shape index (κ1) is 11.4. The predicted octanol–water partition coefficient (Wildman–Crippen LogP) is 3.45. The van der Waals surface area contributed by atoms with Gasteiger partial charge in [0.2, 0.25) is 0 Å². The molecule has 2 aromatic rings. The summed E-state index contributed by atoms with van der Waals surface area (Å²) in [7, 11) is 0. The van der Waals surface area contributed by atoms with Crippen molar-refractivity contribution in [1.29, 1.82) is 0 Å². The summed E-state index contributed by atoms with van der Waals surface area (Å²) >= 11 is 11.2. The summed E-state index contributed by atoms with van der Waals surface area (Å²) in [6.45, 7) is 0. The Morgan fingerprint density at radius 3 is 2.81 bits per heavy atom. The SMILES string of the molecule is O=C(O)c1csnc1-c1cc(S)cc(Cl)c1. The summed E-state index contributed by atoms with van der Waals surface area (Å²) in [4.78, 5) is 11.6. The van der Waals surface area contributed by atoms with Crippen molar-refractivity contribution in [1.82, 2.24) is 4.37 Å². The van der Waals surface area contributed by atoms with Gasteiger partial charge < -0.3 is 5.11 Å². The normalized spacial score (nSPS) is 10.4. The van der Waals surface area contributed by atoms with Gasteiger partial charge in [-0.1, -0.05) is 11.6 Å². The molecule has 1 aromatic carbocycles. The Kier molecular flexibility index (Phi) is 3.18. The third-order valence-electron chi connectivity index (χ3n) is 1.96. The van der Waals surface area contributed by atoms with Crippen LogP contribution in [0.3, 0.4) is 0 Å². The van der Waals surface area contributed by atoms with Gasteiger partial charge in [0.1, 0.15) is 0 Å². The summed E-state index contributed by atoms with van der Waals surface area (Å²) in [6, 6.07) is 5.08. The molecule has 0 atom stereocenters. The number of aromatic carboxylic acids is 1. The average Bonchev–Trinajstić information content (AvgIpc) is 2.63. The number of halogens is 1. The minimum absolute atomic E-state index is 0.181. The van der Waals surface area contributed by atoms with Crippen LogP contribution in [0.1, 0.15) is 10.4 Å². The van der Waals surface area contributed by atoms with Gasteiger partial charge in [0.05, 0.1) is 11.3 Å². The molecule has 0 saturated carbocycles. The Labute approximate surface area is 106 Å². The minimum atomic E-state index is -0.996. The number of carboxylic acid groups (broad SMARTS) is 1. The second-order valence-electron chi connectivity index (χ2n) is 3.08. The average molecular weight is 272 g/mol. The van der Waals surface area contributed by atoms with Crippen molar-refractivity contribution in [2.24, 2.45) is 0 Å². The van der Waals surface area contributed by atoms with Gasteiger partial charge in [-0.15, -0.1) is 12.6 Å². The number of nitrogens with zero attached hydrogens (tertiary/aromatic N) is 1. The molecule has 1 N–H and O–H groups in total. The molecule has 82 valence electrons. The number of hydrogen-bond acceptors (Lipinski definition) is 4. The largest absolute Gasteiger partial charge is 0.478 e. The molecule has 2 rings (SSSR count). The van der Waals surface area contributed by atoms with E-state index in [1.54, 1.807) is 18.2 Å². The Hall–Kier alpha value is -1.04. The Bertz CT molecular complexity index is 533. The van der Waals surface area contributed by atoms with Crippen LogP contribution in [-0.4, -0.2) is 15.4 Å². The summed E-state index contributed by atoms with van der Waals surface area (Å²) < 4.78 is 4.06. The summed E-state index contributed by atoms with van der Waals surface area (Å²) in [6.07, 6.45) is 0. The van der Waals surface area contributed by atoms with E-state index in [-0.39, 0.29) is 5.56 Å². The van der Waals surface area contributed by atoms with E-state index in [0.29, 0.717) is 21.2 Å². The maximum atomic E-state index is 10.9. The maximum Gasteiger partial charge on any atom is 0.338 e. The van der Waals surface area contributed by atoms with Crippen LogP contribution in [0.15, 0.2) is 28.5 Å². The van der Waals surface area contributed by atoms with E-state index in [1.807, 2.05) is 0 Å². The van der Waals surface area contributed by atoms with Gasteiger partial charge in [-0.2, -0.15) is 4.37 Å². The highest BCUT2D eigenvalue weighted by Crippen LogP contribution is 2.29. The van der Waals surface area contributed by atoms with E-state index in [0.717, 1.165) is 11.5 Å². The molecule has 0 radical (unpaired) electrons. The number of aromatic nitrogens is 1. The second kappa shape index (κ2) is 4.45. The monoisotopic (exact) mass is 271 g/mol. The number of carbonyl (C=O) groups is 1. The van der Waals surface area contributed by atoms with Crippen LogP contribution in [0.4, 0.5) is 0 Å². The van der Waals surface area contributed by atoms with Crippen molar-refractivity contribution >= 4 is 41.7 Å². The molecule has 0 bridgehead atoms. The van der Waals surface area contributed by atoms with Crippen LogP contribution in [-0.2, 0) is 0 Å². The van der Waals surface area contributed by atoms with Crippen molar-refractivity contribution < 1.29 is 9.90 Å². The Morgan fingerprint density at radius 1 is 1.44 bits per heavy atom. The molecule has 1 heterocycles. The third kappa shape index (κ3) is 2.21. The van der Waals surface area contributed by atoms with Crippen LogP contribution in [0, 0.1) is 0 Å². The van der Waals surface area contributed by atoms with Crippen LogP contribution in [0.2, 0.25) is 5.02 Å². The molecule has 16 heavy (non-hydrogen) atoms. The van der Waals surface area contributed by atoms with Crippen LogP contribution in [0.25, 0.3) is 11.3 Å². The zero-order valence-electron chi connectivity index (χ0n) is 7.85. The molecule has 6 heteroatoms. The van der Waals surface area contributed by atoms with E-state index in [9.17, 15) is 4.79 Å². The van der Waals surface area contributed by atoms with Crippen LogP contribution in [0.5, 0.6) is 0 Å². The van der Waals surface area contributed by atoms with Gasteiger partial charge in [0.15, 0.2) is 0 Å². The zero-order chi connectivity index (χ0) is 11.7. The number of hydrogen-bond donors (Lipinski definition) is 2. The molecule has 0 aliphatic heterocycles. The topological polar surface area (TPSA) is 50.2 Å². The van der Waals surface area contributed by atoms with E-state index < -0.39 is 5.97 Å². The lowest BCUT2D eigenvalue weighted by molar-refractivity contribution is 0.0698.